The minimum absolute atomic E-state index is 0.475. The number of hydrogen-bond acceptors (Lipinski definition) is 0. The molecule has 0 aliphatic carbocycles. The Hall–Kier alpha value is 0. The molecule has 0 saturated heterocycles. The summed E-state index contributed by atoms with van der Waals surface area (Å²) >= 11 is 0. The molecule has 0 aromatic heterocycles. The summed E-state index contributed by atoms with van der Waals surface area (Å²) < 4.78 is 0. The summed E-state index contributed by atoms with van der Waals surface area (Å²) in [5.41, 5.74) is 1.94. The fourth-order valence-electron chi connectivity index (χ4n) is 4.00. The van der Waals surface area contributed by atoms with Crippen molar-refractivity contribution in [1.29, 1.82) is 0 Å². The zero-order chi connectivity index (χ0) is 22.8. The highest BCUT2D eigenvalue weighted by Gasteiger charge is 2.28. The van der Waals surface area contributed by atoms with Gasteiger partial charge in [0.15, 0.2) is 0 Å². The smallest absolute Gasteiger partial charge is 0.0354 e. The van der Waals surface area contributed by atoms with Crippen LogP contribution in [-0.4, -0.2) is 0 Å². The summed E-state index contributed by atoms with van der Waals surface area (Å²) in [6.45, 7) is 33.0. The molecule has 0 heterocycles. The molecule has 0 heteroatoms. The molecule has 0 aliphatic heterocycles. The Bertz CT molecular complexity index is 361. The minimum atomic E-state index is 0.475. The first kappa shape index (κ1) is 30.2. The van der Waals surface area contributed by atoms with Crippen LogP contribution in [0.4, 0.5) is 0 Å². The Morgan fingerprint density at radius 1 is 0.500 bits per heavy atom. The molecule has 0 N–H and O–H groups in total. The standard InChI is InChI=1S/2C14H30/c1-8-9-12(14(5,6)7)10-11-13(2,3)4;1-8-9-10-12(14(5,6)7)11-13(2,3)4/h2*12H,8-11H2,1-7H3. The van der Waals surface area contributed by atoms with Gasteiger partial charge in [-0.3, -0.25) is 0 Å². The van der Waals surface area contributed by atoms with Gasteiger partial charge in [0.1, 0.15) is 0 Å². The zero-order valence-electron chi connectivity index (χ0n) is 22.8. The first-order chi connectivity index (χ1) is 12.3. The molecule has 28 heavy (non-hydrogen) atoms. The van der Waals surface area contributed by atoms with Crippen molar-refractivity contribution in [3.8, 4) is 0 Å². The average Bonchev–Trinajstić information content (AvgIpc) is 2.44. The first-order valence-electron chi connectivity index (χ1n) is 12.3. The fourth-order valence-corrected chi connectivity index (χ4v) is 4.00. The predicted molar refractivity (Wildman–Crippen MR) is 133 cm³/mol. The number of unbranched alkanes of at least 4 members (excludes halogenated alkanes) is 1. The molecule has 0 fully saturated rings. The topological polar surface area (TPSA) is 0 Å². The lowest BCUT2D eigenvalue weighted by Crippen LogP contribution is -2.25. The van der Waals surface area contributed by atoms with Crippen LogP contribution in [0.2, 0.25) is 0 Å². The van der Waals surface area contributed by atoms with E-state index in [-0.39, 0.29) is 0 Å². The van der Waals surface area contributed by atoms with Crippen LogP contribution >= 0.6 is 0 Å². The maximum absolute atomic E-state index is 2.39. The van der Waals surface area contributed by atoms with Crippen LogP contribution in [0.3, 0.4) is 0 Å². The molecular weight excluding hydrogens is 336 g/mol. The molecule has 0 rings (SSSR count). The van der Waals surface area contributed by atoms with Crippen molar-refractivity contribution in [3.05, 3.63) is 0 Å². The van der Waals surface area contributed by atoms with E-state index >= 15 is 0 Å². The molecule has 2 unspecified atom stereocenters. The third-order valence-electron chi connectivity index (χ3n) is 6.09. The molecule has 0 aliphatic rings. The minimum Gasteiger partial charge on any atom is -0.0654 e. The second-order valence-electron chi connectivity index (χ2n) is 13.9. The molecule has 0 radical (unpaired) electrons. The van der Waals surface area contributed by atoms with E-state index in [0.717, 1.165) is 11.8 Å². The van der Waals surface area contributed by atoms with Crippen molar-refractivity contribution in [3.63, 3.8) is 0 Å². The van der Waals surface area contributed by atoms with Gasteiger partial charge in [-0.1, -0.05) is 123 Å². The van der Waals surface area contributed by atoms with E-state index in [0.29, 0.717) is 21.7 Å². The molecule has 0 amide bonds. The highest BCUT2D eigenvalue weighted by Crippen LogP contribution is 2.39. The van der Waals surface area contributed by atoms with Crippen molar-refractivity contribution < 1.29 is 0 Å². The maximum Gasteiger partial charge on any atom is -0.0354 e. The Labute approximate surface area is 182 Å². The van der Waals surface area contributed by atoms with Crippen molar-refractivity contribution in [2.75, 3.05) is 0 Å². The van der Waals surface area contributed by atoms with Crippen molar-refractivity contribution >= 4 is 0 Å². The van der Waals surface area contributed by atoms with Gasteiger partial charge < -0.3 is 0 Å². The monoisotopic (exact) mass is 396 g/mol. The predicted octanol–water partition coefficient (Wildman–Crippen LogP) is 10.6. The van der Waals surface area contributed by atoms with Gasteiger partial charge in [0.2, 0.25) is 0 Å². The van der Waals surface area contributed by atoms with Gasteiger partial charge in [-0.2, -0.15) is 0 Å². The van der Waals surface area contributed by atoms with Gasteiger partial charge in [-0.15, -0.1) is 0 Å². The van der Waals surface area contributed by atoms with E-state index < -0.39 is 0 Å². The van der Waals surface area contributed by atoms with Crippen LogP contribution in [0, 0.1) is 33.5 Å². The van der Waals surface area contributed by atoms with E-state index in [9.17, 15) is 0 Å². The van der Waals surface area contributed by atoms with Crippen LogP contribution in [0.25, 0.3) is 0 Å². The lowest BCUT2D eigenvalue weighted by molar-refractivity contribution is 0.152. The Morgan fingerprint density at radius 3 is 1.25 bits per heavy atom. The van der Waals surface area contributed by atoms with Gasteiger partial charge in [-0.05, 0) is 59.2 Å². The van der Waals surface area contributed by atoms with Gasteiger partial charge in [-0.25, -0.2) is 0 Å². The van der Waals surface area contributed by atoms with Gasteiger partial charge in [0.25, 0.3) is 0 Å². The Morgan fingerprint density at radius 2 is 0.964 bits per heavy atom. The molecule has 0 aromatic carbocycles. The van der Waals surface area contributed by atoms with Crippen LogP contribution in [0.1, 0.15) is 148 Å². The second kappa shape index (κ2) is 12.6. The summed E-state index contributed by atoms with van der Waals surface area (Å²) in [5.74, 6) is 1.77. The summed E-state index contributed by atoms with van der Waals surface area (Å²) in [4.78, 5) is 0. The Kier molecular flexibility index (Phi) is 13.6. The maximum atomic E-state index is 2.39. The van der Waals surface area contributed by atoms with Crippen LogP contribution in [0.5, 0.6) is 0 Å². The third-order valence-corrected chi connectivity index (χ3v) is 6.09. The van der Waals surface area contributed by atoms with Crippen LogP contribution in [0.15, 0.2) is 0 Å². The second-order valence-corrected chi connectivity index (χ2v) is 13.9. The van der Waals surface area contributed by atoms with E-state index in [1.54, 1.807) is 0 Å². The lowest BCUT2D eigenvalue weighted by atomic mass is 9.70. The molecule has 0 saturated carbocycles. The first-order valence-corrected chi connectivity index (χ1v) is 12.3. The largest absolute Gasteiger partial charge is 0.0654 e. The molecule has 172 valence electrons. The summed E-state index contributed by atoms with van der Waals surface area (Å²) in [6, 6.07) is 0. The number of rotatable bonds is 8. The third kappa shape index (κ3) is 18.1. The normalized spacial score (nSPS) is 15.6. The van der Waals surface area contributed by atoms with E-state index in [4.69, 9.17) is 0 Å². The van der Waals surface area contributed by atoms with Crippen molar-refractivity contribution in [2.45, 2.75) is 148 Å². The zero-order valence-corrected chi connectivity index (χ0v) is 22.8. The molecule has 2 atom stereocenters. The van der Waals surface area contributed by atoms with E-state index in [1.807, 2.05) is 0 Å². The van der Waals surface area contributed by atoms with Crippen molar-refractivity contribution in [2.24, 2.45) is 33.5 Å². The van der Waals surface area contributed by atoms with Crippen LogP contribution < -0.4 is 0 Å². The van der Waals surface area contributed by atoms with E-state index in [1.165, 1.54) is 51.4 Å². The molecule has 0 nitrogen and oxygen atoms in total. The summed E-state index contributed by atoms with van der Waals surface area (Å²) in [6.07, 6.45) is 10.9. The van der Waals surface area contributed by atoms with Gasteiger partial charge >= 0.3 is 0 Å². The van der Waals surface area contributed by atoms with Crippen molar-refractivity contribution in [1.82, 2.24) is 0 Å². The molecule has 0 aromatic rings. The van der Waals surface area contributed by atoms with Gasteiger partial charge in [0, 0.05) is 0 Å². The quantitative estimate of drug-likeness (QED) is 0.382. The Balaban J connectivity index is 0. The highest BCUT2D eigenvalue weighted by molar-refractivity contribution is 4.79. The summed E-state index contributed by atoms with van der Waals surface area (Å²) in [5, 5.41) is 0. The fraction of sp³-hybridized carbons (Fsp3) is 1.00. The average molecular weight is 397 g/mol. The van der Waals surface area contributed by atoms with Gasteiger partial charge in [0.05, 0.1) is 0 Å². The SMILES string of the molecule is CCCC(CCC(C)(C)C)C(C)(C)C.CCCCC(CC(C)(C)C)C(C)(C)C. The highest BCUT2D eigenvalue weighted by atomic mass is 14.3. The molecule has 0 spiro atoms. The van der Waals surface area contributed by atoms with E-state index in [2.05, 4.69) is 96.9 Å². The molecular formula is C28H60. The lowest BCUT2D eigenvalue weighted by Gasteiger charge is -2.35. The summed E-state index contributed by atoms with van der Waals surface area (Å²) in [7, 11) is 0. The van der Waals surface area contributed by atoms with Crippen LogP contribution in [-0.2, 0) is 0 Å². The molecule has 0 bridgehead atoms. The number of hydrogen-bond donors (Lipinski definition) is 0.